The monoisotopic (exact) mass is 196 g/mol. The smallest absolute Gasteiger partial charge is 0.358 e. The summed E-state index contributed by atoms with van der Waals surface area (Å²) in [7, 11) is 0. The first-order valence-electron chi connectivity index (χ1n) is 4.65. The van der Waals surface area contributed by atoms with Crippen LogP contribution < -0.4 is 0 Å². The van der Waals surface area contributed by atoms with E-state index in [1.54, 1.807) is 0 Å². The van der Waals surface area contributed by atoms with Crippen molar-refractivity contribution < 1.29 is 14.4 Å². The lowest BCUT2D eigenvalue weighted by Crippen LogP contribution is -2.17. The molecule has 5 heteroatoms. The molecule has 1 aromatic heterocycles. The van der Waals surface area contributed by atoms with Crippen LogP contribution in [0.2, 0.25) is 0 Å². The topological polar surface area (TPSA) is 66.6 Å². The molecular weight excluding hydrogens is 184 g/mol. The molecule has 76 valence electrons. The molecule has 1 N–H and O–H groups in total. The number of carboxylic acids is 1. The summed E-state index contributed by atoms with van der Waals surface area (Å²) in [5.41, 5.74) is 0.810. The number of hydrogen-bond acceptors (Lipinski definition) is 4. The van der Waals surface area contributed by atoms with E-state index in [-0.39, 0.29) is 5.69 Å². The Morgan fingerprint density at radius 2 is 2.43 bits per heavy atom. The van der Waals surface area contributed by atoms with Crippen molar-refractivity contribution in [2.45, 2.75) is 26.4 Å². The third-order valence-electron chi connectivity index (χ3n) is 2.36. The van der Waals surface area contributed by atoms with Crippen molar-refractivity contribution in [3.63, 3.8) is 0 Å². The second-order valence-electron chi connectivity index (χ2n) is 3.45. The lowest BCUT2D eigenvalue weighted by molar-refractivity contribution is 0.0682. The van der Waals surface area contributed by atoms with Crippen LogP contribution in [0.1, 0.15) is 35.2 Å². The van der Waals surface area contributed by atoms with E-state index in [0.717, 1.165) is 18.5 Å². The molecule has 5 nitrogen and oxygen atoms in total. The molecule has 14 heavy (non-hydrogen) atoms. The second kappa shape index (κ2) is 3.42. The predicted molar refractivity (Wildman–Crippen MR) is 47.9 cm³/mol. The van der Waals surface area contributed by atoms with E-state index < -0.39 is 5.97 Å². The molecule has 0 saturated carbocycles. The number of aromatic nitrogens is 1. The maximum absolute atomic E-state index is 10.7. The van der Waals surface area contributed by atoms with Crippen LogP contribution in [0.3, 0.4) is 0 Å². The summed E-state index contributed by atoms with van der Waals surface area (Å²) in [6.07, 6.45) is 1.06. The van der Waals surface area contributed by atoms with E-state index in [9.17, 15) is 4.79 Å². The fraction of sp³-hybridized carbons (Fsp3) is 0.556. The Kier molecular flexibility index (Phi) is 2.25. The molecule has 0 aliphatic carbocycles. The molecule has 1 aliphatic rings. The molecule has 0 aromatic carbocycles. The van der Waals surface area contributed by atoms with Gasteiger partial charge in [0.25, 0.3) is 0 Å². The van der Waals surface area contributed by atoms with Crippen LogP contribution in [-0.2, 0) is 13.1 Å². The molecule has 0 spiro atoms. The van der Waals surface area contributed by atoms with Gasteiger partial charge in [0, 0.05) is 12.1 Å². The molecular formula is C9H12N2O3. The maximum atomic E-state index is 10.7. The van der Waals surface area contributed by atoms with Gasteiger partial charge in [-0.25, -0.2) is 4.79 Å². The Hall–Kier alpha value is -1.36. The third kappa shape index (κ3) is 1.39. The summed E-state index contributed by atoms with van der Waals surface area (Å²) >= 11 is 0. The van der Waals surface area contributed by atoms with Gasteiger partial charge in [0.05, 0.1) is 6.54 Å². The third-order valence-corrected chi connectivity index (χ3v) is 2.36. The largest absolute Gasteiger partial charge is 0.476 e. The maximum Gasteiger partial charge on any atom is 0.358 e. The summed E-state index contributed by atoms with van der Waals surface area (Å²) < 4.78 is 4.97. The molecule has 2 heterocycles. The minimum atomic E-state index is -1.01. The molecule has 0 amide bonds. The highest BCUT2D eigenvalue weighted by atomic mass is 16.5. The number of hydrogen-bond donors (Lipinski definition) is 1. The van der Waals surface area contributed by atoms with E-state index in [4.69, 9.17) is 9.63 Å². The van der Waals surface area contributed by atoms with Crippen molar-refractivity contribution in [3.05, 3.63) is 17.0 Å². The van der Waals surface area contributed by atoms with Crippen molar-refractivity contribution in [1.29, 1.82) is 0 Å². The van der Waals surface area contributed by atoms with Gasteiger partial charge in [-0.15, -0.1) is 0 Å². The molecule has 2 rings (SSSR count). The highest BCUT2D eigenvalue weighted by Crippen LogP contribution is 2.25. The van der Waals surface area contributed by atoms with Crippen LogP contribution in [0.5, 0.6) is 0 Å². The SMILES string of the molecule is CCCN1Cc2onc(C(=O)O)c2C1. The predicted octanol–water partition coefficient (Wildman–Crippen LogP) is 1.10. The fourth-order valence-corrected chi connectivity index (χ4v) is 1.76. The van der Waals surface area contributed by atoms with E-state index in [2.05, 4.69) is 17.0 Å². The Morgan fingerprint density at radius 1 is 1.64 bits per heavy atom. The highest BCUT2D eigenvalue weighted by Gasteiger charge is 2.29. The molecule has 0 radical (unpaired) electrons. The van der Waals surface area contributed by atoms with E-state index in [1.807, 2.05) is 0 Å². The van der Waals surface area contributed by atoms with Crippen LogP contribution in [0.4, 0.5) is 0 Å². The first kappa shape index (κ1) is 9.21. The minimum absolute atomic E-state index is 0.0682. The fourth-order valence-electron chi connectivity index (χ4n) is 1.76. The average molecular weight is 196 g/mol. The van der Waals surface area contributed by atoms with Crippen molar-refractivity contribution in [3.8, 4) is 0 Å². The van der Waals surface area contributed by atoms with Crippen molar-refractivity contribution in [1.82, 2.24) is 10.1 Å². The normalized spacial score (nSPS) is 15.8. The summed E-state index contributed by atoms with van der Waals surface area (Å²) in [6.45, 7) is 4.39. The highest BCUT2D eigenvalue weighted by molar-refractivity contribution is 5.87. The summed E-state index contributed by atoms with van der Waals surface area (Å²) in [6, 6.07) is 0. The Bertz CT molecular complexity index is 359. The van der Waals surface area contributed by atoms with E-state index in [0.29, 0.717) is 18.8 Å². The van der Waals surface area contributed by atoms with Crippen LogP contribution in [0.15, 0.2) is 4.52 Å². The average Bonchev–Trinajstić information content (AvgIpc) is 2.62. The zero-order chi connectivity index (χ0) is 10.1. The number of nitrogens with zero attached hydrogens (tertiary/aromatic N) is 2. The number of carbonyl (C=O) groups is 1. The van der Waals surface area contributed by atoms with Gasteiger partial charge in [-0.2, -0.15) is 0 Å². The lowest BCUT2D eigenvalue weighted by atomic mass is 10.2. The van der Waals surface area contributed by atoms with E-state index in [1.165, 1.54) is 0 Å². The van der Waals surface area contributed by atoms with Crippen molar-refractivity contribution >= 4 is 5.97 Å². The number of aromatic carboxylic acids is 1. The molecule has 1 aliphatic heterocycles. The summed E-state index contributed by atoms with van der Waals surface area (Å²) in [5.74, 6) is -0.302. The molecule has 0 atom stereocenters. The standard InChI is InChI=1S/C9H12N2O3/c1-2-3-11-4-6-7(5-11)14-10-8(6)9(12)13/h2-5H2,1H3,(H,12,13). The Morgan fingerprint density at radius 3 is 3.07 bits per heavy atom. The summed E-state index contributed by atoms with van der Waals surface area (Å²) in [5, 5.41) is 12.3. The van der Waals surface area contributed by atoms with Gasteiger partial charge in [0.15, 0.2) is 11.5 Å². The number of fused-ring (bicyclic) bond motifs is 1. The molecule has 0 saturated heterocycles. The summed E-state index contributed by atoms with van der Waals surface area (Å²) in [4.78, 5) is 12.9. The molecule has 0 bridgehead atoms. The first-order chi connectivity index (χ1) is 6.72. The van der Waals surface area contributed by atoms with Gasteiger partial charge in [-0.05, 0) is 13.0 Å². The van der Waals surface area contributed by atoms with Gasteiger partial charge >= 0.3 is 5.97 Å². The van der Waals surface area contributed by atoms with Gasteiger partial charge in [-0.3, -0.25) is 4.90 Å². The van der Waals surface area contributed by atoms with Crippen LogP contribution in [0.25, 0.3) is 0 Å². The van der Waals surface area contributed by atoms with Crippen LogP contribution >= 0.6 is 0 Å². The second-order valence-corrected chi connectivity index (χ2v) is 3.45. The van der Waals surface area contributed by atoms with E-state index >= 15 is 0 Å². The zero-order valence-electron chi connectivity index (χ0n) is 7.99. The van der Waals surface area contributed by atoms with Crippen LogP contribution in [0, 0.1) is 0 Å². The minimum Gasteiger partial charge on any atom is -0.476 e. The quantitative estimate of drug-likeness (QED) is 0.784. The van der Waals surface area contributed by atoms with Crippen LogP contribution in [-0.4, -0.2) is 27.7 Å². The zero-order valence-corrected chi connectivity index (χ0v) is 7.99. The number of rotatable bonds is 3. The Labute approximate surface area is 81.3 Å². The molecule has 1 aromatic rings. The van der Waals surface area contributed by atoms with Gasteiger partial charge in [0.1, 0.15) is 0 Å². The first-order valence-corrected chi connectivity index (χ1v) is 4.65. The number of carboxylic acid groups (broad SMARTS) is 1. The molecule has 0 unspecified atom stereocenters. The van der Waals surface area contributed by atoms with Crippen molar-refractivity contribution in [2.75, 3.05) is 6.54 Å². The van der Waals surface area contributed by atoms with Crippen molar-refractivity contribution in [2.24, 2.45) is 0 Å². The molecule has 0 fully saturated rings. The lowest BCUT2D eigenvalue weighted by Gasteiger charge is -2.11. The van der Waals surface area contributed by atoms with Gasteiger partial charge in [-0.1, -0.05) is 12.1 Å². The Balaban J connectivity index is 2.19. The van der Waals surface area contributed by atoms with Gasteiger partial charge in [0.2, 0.25) is 0 Å². The van der Waals surface area contributed by atoms with Gasteiger partial charge < -0.3 is 9.63 Å².